The molecular formula is C17H22N6OS. The van der Waals surface area contributed by atoms with Crippen LogP contribution in [0.2, 0.25) is 0 Å². The number of carbonyl (C=O) groups excluding carboxylic acids is 1. The fourth-order valence-electron chi connectivity index (χ4n) is 2.24. The third-order valence-corrected chi connectivity index (χ3v) is 4.15. The smallest absolute Gasteiger partial charge is 0.149 e. The maximum absolute atomic E-state index is 10.4. The van der Waals surface area contributed by atoms with Crippen molar-refractivity contribution in [3.63, 3.8) is 0 Å². The first-order valence-electron chi connectivity index (χ1n) is 7.85. The number of carbonyl (C=O) groups is 1. The number of nitrogens with one attached hydrogen (secondary N) is 2. The van der Waals surface area contributed by atoms with Crippen molar-refractivity contribution in [2.45, 2.75) is 13.5 Å². The van der Waals surface area contributed by atoms with E-state index in [0.717, 1.165) is 35.2 Å². The lowest BCUT2D eigenvalue weighted by atomic mass is 10.0. The van der Waals surface area contributed by atoms with Gasteiger partial charge in [-0.25, -0.2) is 0 Å². The Kier molecular flexibility index (Phi) is 7.21. The molecule has 0 spiro atoms. The van der Waals surface area contributed by atoms with Gasteiger partial charge in [-0.15, -0.1) is 11.8 Å². The highest BCUT2D eigenvalue weighted by Crippen LogP contribution is 2.25. The van der Waals surface area contributed by atoms with Crippen LogP contribution in [0.3, 0.4) is 0 Å². The number of amidine groups is 1. The van der Waals surface area contributed by atoms with E-state index >= 15 is 0 Å². The van der Waals surface area contributed by atoms with Gasteiger partial charge in [0.15, 0.2) is 0 Å². The summed E-state index contributed by atoms with van der Waals surface area (Å²) in [5, 5.41) is 11.2. The molecule has 8 heteroatoms. The zero-order valence-electron chi connectivity index (χ0n) is 14.4. The van der Waals surface area contributed by atoms with Crippen LogP contribution in [0, 0.1) is 0 Å². The number of thioether (sulfide) groups is 1. The summed E-state index contributed by atoms with van der Waals surface area (Å²) >= 11 is 1.43. The molecule has 0 atom stereocenters. The maximum Gasteiger partial charge on any atom is 0.149 e. The van der Waals surface area contributed by atoms with E-state index in [9.17, 15) is 4.79 Å². The summed E-state index contributed by atoms with van der Waals surface area (Å²) in [7, 11) is 1.87. The van der Waals surface area contributed by atoms with Crippen LogP contribution in [0.5, 0.6) is 0 Å². The van der Waals surface area contributed by atoms with Gasteiger partial charge in [-0.3, -0.25) is 15.1 Å². The summed E-state index contributed by atoms with van der Waals surface area (Å²) in [6.45, 7) is 6.34. The Labute approximate surface area is 151 Å². The lowest BCUT2D eigenvalue weighted by Gasteiger charge is -2.11. The highest BCUT2D eigenvalue weighted by molar-refractivity contribution is 7.99. The first kappa shape index (κ1) is 18.7. The van der Waals surface area contributed by atoms with Gasteiger partial charge < -0.3 is 10.1 Å². The molecule has 7 nitrogen and oxygen atoms in total. The highest BCUT2D eigenvalue weighted by Gasteiger charge is 2.09. The van der Waals surface area contributed by atoms with Crippen molar-refractivity contribution < 1.29 is 4.79 Å². The van der Waals surface area contributed by atoms with Crippen molar-refractivity contribution in [3.05, 3.63) is 36.2 Å². The van der Waals surface area contributed by atoms with E-state index < -0.39 is 0 Å². The van der Waals surface area contributed by atoms with E-state index in [1.165, 1.54) is 11.8 Å². The molecule has 0 aliphatic carbocycles. The number of hydrogen-bond donors (Lipinski definition) is 2. The minimum absolute atomic E-state index is 0.413. The standard InChI is InChI=1S/C17H22N6OS/c1-4-23-11-15(10-21-23)13-7-14(9-16(8-13)18-2)17(22-19-3)20-12-25-6-5-24/h5,7-11,18H,3-4,6,12H2,1-2H3,(H,20,22). The van der Waals surface area contributed by atoms with Crippen LogP contribution in [0.1, 0.15) is 12.5 Å². The second kappa shape index (κ2) is 9.63. The average Bonchev–Trinajstić information content (AvgIpc) is 3.13. The lowest BCUT2D eigenvalue weighted by molar-refractivity contribution is -0.105. The van der Waals surface area contributed by atoms with Crippen molar-refractivity contribution in [3.8, 4) is 11.1 Å². The summed E-state index contributed by atoms with van der Waals surface area (Å²) in [5.74, 6) is 1.48. The molecule has 2 N–H and O–H groups in total. The Hall–Kier alpha value is -2.61. The van der Waals surface area contributed by atoms with Gasteiger partial charge in [-0.1, -0.05) is 0 Å². The maximum atomic E-state index is 10.4. The molecule has 1 heterocycles. The molecule has 25 heavy (non-hydrogen) atoms. The number of rotatable bonds is 9. The van der Waals surface area contributed by atoms with E-state index in [0.29, 0.717) is 17.5 Å². The lowest BCUT2D eigenvalue weighted by Crippen LogP contribution is -2.19. The molecule has 2 aromatic rings. The van der Waals surface area contributed by atoms with Crippen LogP contribution >= 0.6 is 11.8 Å². The molecule has 0 bridgehead atoms. The third kappa shape index (κ3) is 5.18. The SMILES string of the molecule is C=NNC(=NCSCC=O)c1cc(NC)cc(-c2cnn(CC)c2)c1. The molecule has 0 aliphatic heterocycles. The Bertz CT molecular complexity index is 755. The second-order valence-corrected chi connectivity index (χ2v) is 6.08. The van der Waals surface area contributed by atoms with Crippen LogP contribution in [-0.2, 0) is 11.3 Å². The van der Waals surface area contributed by atoms with Crippen LogP contribution in [0.25, 0.3) is 11.1 Å². The Morgan fingerprint density at radius 1 is 1.40 bits per heavy atom. The highest BCUT2D eigenvalue weighted by atomic mass is 32.2. The number of hydrazone groups is 1. The number of aldehydes is 1. The Morgan fingerprint density at radius 3 is 2.88 bits per heavy atom. The van der Waals surface area contributed by atoms with Gasteiger partial charge in [0.05, 0.1) is 17.8 Å². The zero-order chi connectivity index (χ0) is 18.1. The molecule has 1 aromatic heterocycles. The molecule has 0 unspecified atom stereocenters. The number of aromatic nitrogens is 2. The summed E-state index contributed by atoms with van der Waals surface area (Å²) in [5.41, 5.74) is 6.73. The molecule has 0 amide bonds. The summed E-state index contributed by atoms with van der Waals surface area (Å²) in [4.78, 5) is 14.9. The van der Waals surface area contributed by atoms with Crippen LogP contribution in [0.15, 0.2) is 40.7 Å². The van der Waals surface area contributed by atoms with Gasteiger partial charge in [0.2, 0.25) is 0 Å². The molecule has 0 radical (unpaired) electrons. The zero-order valence-corrected chi connectivity index (χ0v) is 15.2. The number of hydrogen-bond acceptors (Lipinski definition) is 6. The van der Waals surface area contributed by atoms with E-state index in [4.69, 9.17) is 0 Å². The van der Waals surface area contributed by atoms with Crippen molar-refractivity contribution >= 4 is 36.3 Å². The van der Waals surface area contributed by atoms with Gasteiger partial charge in [0.25, 0.3) is 0 Å². The van der Waals surface area contributed by atoms with Crippen molar-refractivity contribution in [2.24, 2.45) is 10.1 Å². The van der Waals surface area contributed by atoms with Crippen LogP contribution in [0.4, 0.5) is 5.69 Å². The molecule has 0 saturated heterocycles. The molecule has 1 aromatic carbocycles. The van der Waals surface area contributed by atoms with Gasteiger partial charge in [-0.2, -0.15) is 10.2 Å². The normalized spacial score (nSPS) is 11.2. The van der Waals surface area contributed by atoms with E-state index in [2.05, 4.69) is 38.7 Å². The first-order valence-corrected chi connectivity index (χ1v) is 9.00. The Morgan fingerprint density at radius 2 is 2.24 bits per heavy atom. The fraction of sp³-hybridized carbons (Fsp3) is 0.294. The summed E-state index contributed by atoms with van der Waals surface area (Å²) < 4.78 is 1.88. The van der Waals surface area contributed by atoms with Gasteiger partial charge in [0, 0.05) is 43.3 Å². The largest absolute Gasteiger partial charge is 0.388 e. The number of aryl methyl sites for hydroxylation is 1. The van der Waals surface area contributed by atoms with Gasteiger partial charge >= 0.3 is 0 Å². The molecule has 132 valence electrons. The van der Waals surface area contributed by atoms with Crippen molar-refractivity contribution in [2.75, 3.05) is 24.0 Å². The number of nitrogens with zero attached hydrogens (tertiary/aromatic N) is 4. The summed E-state index contributed by atoms with van der Waals surface area (Å²) in [6.07, 6.45) is 4.72. The van der Waals surface area contributed by atoms with E-state index in [-0.39, 0.29) is 0 Å². The van der Waals surface area contributed by atoms with Gasteiger partial charge in [-0.05, 0) is 30.7 Å². The van der Waals surface area contributed by atoms with Crippen molar-refractivity contribution in [1.29, 1.82) is 0 Å². The first-order chi connectivity index (χ1) is 12.2. The average molecular weight is 358 g/mol. The van der Waals surface area contributed by atoms with Gasteiger partial charge in [0.1, 0.15) is 12.1 Å². The minimum atomic E-state index is 0.413. The number of benzene rings is 1. The second-order valence-electron chi connectivity index (χ2n) is 5.08. The minimum Gasteiger partial charge on any atom is -0.388 e. The van der Waals surface area contributed by atoms with E-state index in [1.54, 1.807) is 0 Å². The fourth-order valence-corrected chi connectivity index (χ4v) is 2.66. The predicted molar refractivity (Wildman–Crippen MR) is 105 cm³/mol. The number of anilines is 1. The Balaban J connectivity index is 2.38. The summed E-state index contributed by atoms with van der Waals surface area (Å²) in [6, 6.07) is 6.06. The predicted octanol–water partition coefficient (Wildman–Crippen LogP) is 2.45. The number of aliphatic imine (C=N–C) groups is 1. The monoisotopic (exact) mass is 358 g/mol. The molecule has 2 rings (SSSR count). The van der Waals surface area contributed by atoms with Crippen LogP contribution in [-0.4, -0.2) is 47.3 Å². The van der Waals surface area contributed by atoms with Crippen molar-refractivity contribution in [1.82, 2.24) is 15.2 Å². The molecular weight excluding hydrogens is 336 g/mol. The quantitative estimate of drug-likeness (QED) is 0.236. The third-order valence-electron chi connectivity index (χ3n) is 3.47. The topological polar surface area (TPSA) is 83.7 Å². The molecule has 0 saturated carbocycles. The molecule has 0 aliphatic rings. The van der Waals surface area contributed by atoms with Crippen LogP contribution < -0.4 is 10.7 Å². The molecule has 0 fully saturated rings. The van der Waals surface area contributed by atoms with E-state index in [1.807, 2.05) is 43.2 Å².